The molecule has 0 amide bonds. The van der Waals surface area contributed by atoms with Gasteiger partial charge in [0, 0.05) is 19.3 Å². The van der Waals surface area contributed by atoms with Gasteiger partial charge in [-0.3, -0.25) is 4.98 Å². The molecule has 0 N–H and O–H groups in total. The highest BCUT2D eigenvalue weighted by Crippen LogP contribution is 2.20. The Morgan fingerprint density at radius 2 is 1.31 bits per heavy atom. The lowest BCUT2D eigenvalue weighted by Gasteiger charge is -2.22. The third kappa shape index (κ3) is 5.79. The first-order chi connectivity index (χ1) is 14.0. The standard InChI is InChI=1S/C22H24N2O4S/c1-27-21-10-6-18(7-11-21)15-24(16-19-8-12-22(28-2)13-9-19)29(25,26)17-20-5-3-4-14-23-20/h3-14H,15-17H2,1-2H3. The summed E-state index contributed by atoms with van der Waals surface area (Å²) in [5.41, 5.74) is 2.27. The van der Waals surface area contributed by atoms with E-state index in [1.54, 1.807) is 38.6 Å². The fourth-order valence-electron chi connectivity index (χ4n) is 2.88. The van der Waals surface area contributed by atoms with Gasteiger partial charge in [-0.1, -0.05) is 30.3 Å². The lowest BCUT2D eigenvalue weighted by Crippen LogP contribution is -2.31. The fourth-order valence-corrected chi connectivity index (χ4v) is 4.30. The number of rotatable bonds is 9. The van der Waals surface area contributed by atoms with E-state index in [1.165, 1.54) is 4.31 Å². The average molecular weight is 413 g/mol. The molecule has 7 heteroatoms. The molecule has 1 heterocycles. The second kappa shape index (κ2) is 9.54. The number of sulfonamides is 1. The zero-order chi connectivity index (χ0) is 20.7. The third-order valence-corrected chi connectivity index (χ3v) is 6.19. The van der Waals surface area contributed by atoms with Crippen LogP contribution in [0.5, 0.6) is 11.5 Å². The van der Waals surface area contributed by atoms with Crippen LogP contribution in [0.3, 0.4) is 0 Å². The normalized spacial score (nSPS) is 11.4. The molecule has 0 spiro atoms. The first-order valence-electron chi connectivity index (χ1n) is 9.14. The number of ether oxygens (including phenoxy) is 2. The Hall–Kier alpha value is -2.90. The molecule has 29 heavy (non-hydrogen) atoms. The van der Waals surface area contributed by atoms with Crippen molar-refractivity contribution in [3.63, 3.8) is 0 Å². The molecule has 0 radical (unpaired) electrons. The zero-order valence-electron chi connectivity index (χ0n) is 16.5. The molecule has 3 rings (SSSR count). The highest BCUT2D eigenvalue weighted by molar-refractivity contribution is 7.88. The maximum absolute atomic E-state index is 13.2. The highest BCUT2D eigenvalue weighted by atomic mass is 32.2. The Morgan fingerprint density at radius 3 is 1.72 bits per heavy atom. The van der Waals surface area contributed by atoms with Gasteiger partial charge >= 0.3 is 0 Å². The summed E-state index contributed by atoms with van der Waals surface area (Å²) in [5.74, 6) is 1.30. The molecule has 152 valence electrons. The van der Waals surface area contributed by atoms with E-state index in [1.807, 2.05) is 48.5 Å². The Morgan fingerprint density at radius 1 is 0.793 bits per heavy atom. The summed E-state index contributed by atoms with van der Waals surface area (Å²) in [4.78, 5) is 4.17. The van der Waals surface area contributed by atoms with Crippen LogP contribution < -0.4 is 9.47 Å². The van der Waals surface area contributed by atoms with Crippen LogP contribution in [0, 0.1) is 0 Å². The van der Waals surface area contributed by atoms with Gasteiger partial charge in [0.2, 0.25) is 10.0 Å². The van der Waals surface area contributed by atoms with Gasteiger partial charge in [-0.25, -0.2) is 8.42 Å². The summed E-state index contributed by atoms with van der Waals surface area (Å²) in [7, 11) is -0.396. The van der Waals surface area contributed by atoms with Gasteiger partial charge in [0.05, 0.1) is 19.9 Å². The molecule has 0 saturated carbocycles. The lowest BCUT2D eigenvalue weighted by atomic mass is 10.2. The lowest BCUT2D eigenvalue weighted by molar-refractivity contribution is 0.397. The van der Waals surface area contributed by atoms with E-state index in [-0.39, 0.29) is 18.8 Å². The Labute approximate surface area is 171 Å². The topological polar surface area (TPSA) is 68.7 Å². The molecule has 6 nitrogen and oxygen atoms in total. The SMILES string of the molecule is COc1ccc(CN(Cc2ccc(OC)cc2)S(=O)(=O)Cc2ccccn2)cc1. The quantitative estimate of drug-likeness (QED) is 0.537. The molecule has 0 saturated heterocycles. The second-order valence-electron chi connectivity index (χ2n) is 6.54. The van der Waals surface area contributed by atoms with Gasteiger partial charge in [-0.15, -0.1) is 0 Å². The fraction of sp³-hybridized carbons (Fsp3) is 0.227. The van der Waals surface area contributed by atoms with Crippen molar-refractivity contribution < 1.29 is 17.9 Å². The van der Waals surface area contributed by atoms with Crippen LogP contribution in [-0.2, 0) is 28.9 Å². The number of aromatic nitrogens is 1. The molecular weight excluding hydrogens is 388 g/mol. The summed E-state index contributed by atoms with van der Waals surface area (Å²) in [5, 5.41) is 0. The van der Waals surface area contributed by atoms with Gasteiger partial charge in [-0.05, 0) is 47.5 Å². The molecule has 0 aliphatic heterocycles. The molecule has 0 aliphatic rings. The zero-order valence-corrected chi connectivity index (χ0v) is 17.3. The van der Waals surface area contributed by atoms with Crippen LogP contribution in [-0.4, -0.2) is 31.9 Å². The van der Waals surface area contributed by atoms with E-state index >= 15 is 0 Å². The molecule has 2 aromatic carbocycles. The van der Waals surface area contributed by atoms with Crippen molar-refractivity contribution in [2.24, 2.45) is 0 Å². The second-order valence-corrected chi connectivity index (χ2v) is 8.51. The average Bonchev–Trinajstić information content (AvgIpc) is 2.74. The molecule has 0 unspecified atom stereocenters. The van der Waals surface area contributed by atoms with Crippen LogP contribution in [0.25, 0.3) is 0 Å². The Balaban J connectivity index is 1.86. The predicted octanol–water partition coefficient (Wildman–Crippen LogP) is 3.63. The first-order valence-corrected chi connectivity index (χ1v) is 10.7. The van der Waals surface area contributed by atoms with Crippen molar-refractivity contribution >= 4 is 10.0 Å². The minimum atomic E-state index is -3.59. The first kappa shape index (κ1) is 20.8. The largest absolute Gasteiger partial charge is 0.497 e. The van der Waals surface area contributed by atoms with Crippen LogP contribution in [0.1, 0.15) is 16.8 Å². The molecule has 0 aliphatic carbocycles. The summed E-state index contributed by atoms with van der Waals surface area (Å²) in [6.07, 6.45) is 1.60. The molecule has 0 fully saturated rings. The van der Waals surface area contributed by atoms with Crippen LogP contribution in [0.2, 0.25) is 0 Å². The van der Waals surface area contributed by atoms with E-state index in [2.05, 4.69) is 4.98 Å². The maximum Gasteiger partial charge on any atom is 0.220 e. The van der Waals surface area contributed by atoms with Gasteiger partial charge in [0.25, 0.3) is 0 Å². The predicted molar refractivity (Wildman–Crippen MR) is 112 cm³/mol. The van der Waals surface area contributed by atoms with Crippen molar-refractivity contribution in [3.8, 4) is 11.5 Å². The molecule has 0 atom stereocenters. The van der Waals surface area contributed by atoms with Crippen molar-refractivity contribution in [1.82, 2.24) is 9.29 Å². The van der Waals surface area contributed by atoms with E-state index in [9.17, 15) is 8.42 Å². The van der Waals surface area contributed by atoms with E-state index in [0.29, 0.717) is 5.69 Å². The number of pyridine rings is 1. The smallest absolute Gasteiger partial charge is 0.220 e. The van der Waals surface area contributed by atoms with Crippen molar-refractivity contribution in [1.29, 1.82) is 0 Å². The summed E-state index contributed by atoms with van der Waals surface area (Å²) < 4.78 is 38.2. The summed E-state index contributed by atoms with van der Waals surface area (Å²) in [6.45, 7) is 0.510. The highest BCUT2D eigenvalue weighted by Gasteiger charge is 2.24. The number of nitrogens with zero attached hydrogens (tertiary/aromatic N) is 2. The van der Waals surface area contributed by atoms with E-state index in [0.717, 1.165) is 22.6 Å². The Bertz CT molecular complexity index is 955. The van der Waals surface area contributed by atoms with Crippen LogP contribution in [0.15, 0.2) is 72.9 Å². The molecule has 0 bridgehead atoms. The summed E-state index contributed by atoms with van der Waals surface area (Å²) in [6, 6.07) is 20.1. The van der Waals surface area contributed by atoms with Gasteiger partial charge < -0.3 is 9.47 Å². The van der Waals surface area contributed by atoms with Gasteiger partial charge in [0.15, 0.2) is 0 Å². The third-order valence-electron chi connectivity index (χ3n) is 4.49. The Kier molecular flexibility index (Phi) is 6.85. The molecule has 3 aromatic rings. The van der Waals surface area contributed by atoms with E-state index < -0.39 is 10.0 Å². The summed E-state index contributed by atoms with van der Waals surface area (Å²) >= 11 is 0. The van der Waals surface area contributed by atoms with Crippen LogP contribution in [0.4, 0.5) is 0 Å². The van der Waals surface area contributed by atoms with Crippen molar-refractivity contribution in [2.45, 2.75) is 18.8 Å². The minimum Gasteiger partial charge on any atom is -0.497 e. The molecule has 1 aromatic heterocycles. The monoisotopic (exact) mass is 412 g/mol. The number of methoxy groups -OCH3 is 2. The number of benzene rings is 2. The van der Waals surface area contributed by atoms with Crippen molar-refractivity contribution in [3.05, 3.63) is 89.7 Å². The maximum atomic E-state index is 13.2. The van der Waals surface area contributed by atoms with E-state index in [4.69, 9.17) is 9.47 Å². The van der Waals surface area contributed by atoms with Gasteiger partial charge in [0.1, 0.15) is 17.3 Å². The number of hydrogen-bond donors (Lipinski definition) is 0. The van der Waals surface area contributed by atoms with Crippen molar-refractivity contribution in [2.75, 3.05) is 14.2 Å². The molecular formula is C22H24N2O4S. The van der Waals surface area contributed by atoms with Crippen LogP contribution >= 0.6 is 0 Å². The number of hydrogen-bond acceptors (Lipinski definition) is 5. The van der Waals surface area contributed by atoms with Gasteiger partial charge in [-0.2, -0.15) is 4.31 Å². The minimum absolute atomic E-state index is 0.153.